The van der Waals surface area contributed by atoms with E-state index in [0.717, 1.165) is 25.1 Å². The van der Waals surface area contributed by atoms with Gasteiger partial charge < -0.3 is 9.88 Å². The summed E-state index contributed by atoms with van der Waals surface area (Å²) in [6.45, 7) is 0.601. The van der Waals surface area contributed by atoms with E-state index in [2.05, 4.69) is 38.3 Å². The lowest BCUT2D eigenvalue weighted by Crippen LogP contribution is -2.33. The Morgan fingerprint density at radius 3 is 3.00 bits per heavy atom. The maximum Gasteiger partial charge on any atom is 0.227 e. The zero-order chi connectivity index (χ0) is 16.5. The maximum absolute atomic E-state index is 12.6. The Balaban J connectivity index is 1.39. The van der Waals surface area contributed by atoms with Gasteiger partial charge in [-0.05, 0) is 55.4 Å². The molecule has 1 saturated carbocycles. The normalized spacial score (nSPS) is 19.8. The summed E-state index contributed by atoms with van der Waals surface area (Å²) in [5.41, 5.74) is 2.51. The lowest BCUT2D eigenvalue weighted by molar-refractivity contribution is -0.122. The molecule has 1 aromatic heterocycles. The molecule has 0 radical (unpaired) electrons. The molecule has 126 valence electrons. The van der Waals surface area contributed by atoms with Gasteiger partial charge in [0.25, 0.3) is 0 Å². The standard InChI is InChI=1S/C18H22N4OS/c23-17(15-7-3-5-12-4-1-2-6-14(12)15)19-11-10-16-20-21-18(24)22(16)13-8-9-13/h1-2,4,6,13,15H,3,5,7-11H2,(H,19,23)(H,21,24)/t15-/m1/s1. The fourth-order valence-corrected chi connectivity index (χ4v) is 3.97. The van der Waals surface area contributed by atoms with Gasteiger partial charge in [0.15, 0.2) is 4.77 Å². The molecule has 2 aromatic rings. The van der Waals surface area contributed by atoms with E-state index in [1.165, 1.54) is 24.0 Å². The Bertz CT molecular complexity index is 805. The number of hydrogen-bond acceptors (Lipinski definition) is 3. The van der Waals surface area contributed by atoms with Crippen molar-refractivity contribution in [1.82, 2.24) is 20.1 Å². The largest absolute Gasteiger partial charge is 0.355 e. The van der Waals surface area contributed by atoms with E-state index < -0.39 is 0 Å². The fourth-order valence-electron chi connectivity index (χ4n) is 3.67. The second-order valence-corrected chi connectivity index (χ2v) is 7.12. The molecule has 1 amide bonds. The van der Waals surface area contributed by atoms with Gasteiger partial charge in [0.2, 0.25) is 5.91 Å². The van der Waals surface area contributed by atoms with Crippen molar-refractivity contribution in [1.29, 1.82) is 0 Å². The van der Waals surface area contributed by atoms with Gasteiger partial charge in [-0.3, -0.25) is 9.89 Å². The van der Waals surface area contributed by atoms with Crippen molar-refractivity contribution in [2.45, 2.75) is 50.5 Å². The number of carbonyl (C=O) groups is 1. The third kappa shape index (κ3) is 3.02. The first-order valence-electron chi connectivity index (χ1n) is 8.75. The lowest BCUT2D eigenvalue weighted by atomic mass is 9.82. The number of rotatable bonds is 5. The first-order chi connectivity index (χ1) is 11.7. The zero-order valence-corrected chi connectivity index (χ0v) is 14.4. The van der Waals surface area contributed by atoms with Gasteiger partial charge in [0.1, 0.15) is 5.82 Å². The summed E-state index contributed by atoms with van der Waals surface area (Å²) in [6, 6.07) is 8.82. The average Bonchev–Trinajstić information content (AvgIpc) is 3.37. The lowest BCUT2D eigenvalue weighted by Gasteiger charge is -2.24. The number of nitrogens with one attached hydrogen (secondary N) is 2. The molecule has 1 aromatic carbocycles. The highest BCUT2D eigenvalue weighted by Gasteiger charge is 2.28. The monoisotopic (exact) mass is 342 g/mol. The van der Waals surface area contributed by atoms with Gasteiger partial charge in [-0.15, -0.1) is 0 Å². The van der Waals surface area contributed by atoms with Crippen LogP contribution in [0.3, 0.4) is 0 Å². The van der Waals surface area contributed by atoms with Gasteiger partial charge in [-0.1, -0.05) is 24.3 Å². The van der Waals surface area contributed by atoms with Gasteiger partial charge in [0.05, 0.1) is 5.92 Å². The number of benzene rings is 1. The molecule has 2 aliphatic rings. The summed E-state index contributed by atoms with van der Waals surface area (Å²) in [5, 5.41) is 10.3. The number of carbonyl (C=O) groups excluding carboxylic acids is 1. The zero-order valence-electron chi connectivity index (χ0n) is 13.6. The van der Waals surface area contributed by atoms with Crippen molar-refractivity contribution >= 4 is 18.1 Å². The molecule has 6 heteroatoms. The van der Waals surface area contributed by atoms with Crippen LogP contribution in [-0.2, 0) is 17.6 Å². The Hall–Kier alpha value is -1.95. The Kier molecular flexibility index (Phi) is 4.22. The second kappa shape index (κ2) is 6.51. The summed E-state index contributed by atoms with van der Waals surface area (Å²) in [6.07, 6.45) is 6.15. The Labute approximate surface area is 146 Å². The first kappa shape index (κ1) is 15.6. The summed E-state index contributed by atoms with van der Waals surface area (Å²) in [7, 11) is 0. The molecule has 1 heterocycles. The topological polar surface area (TPSA) is 62.7 Å². The summed E-state index contributed by atoms with van der Waals surface area (Å²) in [5.74, 6) is 1.07. The maximum atomic E-state index is 12.6. The van der Waals surface area contributed by atoms with E-state index in [0.29, 0.717) is 23.8 Å². The fraction of sp³-hybridized carbons (Fsp3) is 0.500. The highest BCUT2D eigenvalue weighted by Crippen LogP contribution is 2.35. The number of fused-ring (bicyclic) bond motifs is 1. The third-order valence-electron chi connectivity index (χ3n) is 5.02. The van der Waals surface area contributed by atoms with E-state index in [9.17, 15) is 4.79 Å². The van der Waals surface area contributed by atoms with Crippen molar-refractivity contribution in [3.8, 4) is 0 Å². The van der Waals surface area contributed by atoms with Crippen LogP contribution in [0, 0.1) is 4.77 Å². The molecular formula is C18H22N4OS. The van der Waals surface area contributed by atoms with Crippen LogP contribution in [0.1, 0.15) is 54.6 Å². The quantitative estimate of drug-likeness (QED) is 0.821. The molecule has 4 rings (SSSR count). The van der Waals surface area contributed by atoms with Gasteiger partial charge >= 0.3 is 0 Å². The van der Waals surface area contributed by atoms with Crippen molar-refractivity contribution in [2.24, 2.45) is 0 Å². The number of H-pyrrole nitrogens is 1. The van der Waals surface area contributed by atoms with E-state index >= 15 is 0 Å². The molecule has 0 bridgehead atoms. The van der Waals surface area contributed by atoms with E-state index in [-0.39, 0.29) is 11.8 Å². The summed E-state index contributed by atoms with van der Waals surface area (Å²) >= 11 is 5.29. The van der Waals surface area contributed by atoms with Gasteiger partial charge in [0, 0.05) is 19.0 Å². The highest BCUT2D eigenvalue weighted by molar-refractivity contribution is 7.71. The minimum atomic E-state index is -0.0146. The summed E-state index contributed by atoms with van der Waals surface area (Å²) < 4.78 is 2.80. The molecule has 2 N–H and O–H groups in total. The van der Waals surface area contributed by atoms with Crippen molar-refractivity contribution in [3.63, 3.8) is 0 Å². The number of hydrogen-bond donors (Lipinski definition) is 2. The third-order valence-corrected chi connectivity index (χ3v) is 5.31. The Morgan fingerprint density at radius 1 is 1.33 bits per heavy atom. The minimum Gasteiger partial charge on any atom is -0.355 e. The summed E-state index contributed by atoms with van der Waals surface area (Å²) in [4.78, 5) is 12.6. The van der Waals surface area contributed by atoms with Crippen LogP contribution < -0.4 is 5.32 Å². The molecule has 2 aliphatic carbocycles. The number of aromatic amines is 1. The van der Waals surface area contributed by atoms with Crippen LogP contribution in [-0.4, -0.2) is 27.2 Å². The van der Waals surface area contributed by atoms with Crippen LogP contribution in [0.2, 0.25) is 0 Å². The molecule has 0 spiro atoms. The number of amides is 1. The van der Waals surface area contributed by atoms with E-state index in [4.69, 9.17) is 12.2 Å². The molecule has 1 fully saturated rings. The van der Waals surface area contributed by atoms with E-state index in [1.807, 2.05) is 6.07 Å². The molecule has 1 atom stereocenters. The number of nitrogens with zero attached hydrogens (tertiary/aromatic N) is 2. The SMILES string of the molecule is O=C(NCCc1n[nH]c(=S)n1C1CC1)[C@@H]1CCCc2ccccc21. The molecule has 24 heavy (non-hydrogen) atoms. The molecule has 0 aliphatic heterocycles. The van der Waals surface area contributed by atoms with Crippen LogP contribution in [0.5, 0.6) is 0 Å². The molecular weight excluding hydrogens is 320 g/mol. The van der Waals surface area contributed by atoms with Crippen LogP contribution in [0.4, 0.5) is 0 Å². The van der Waals surface area contributed by atoms with Crippen LogP contribution in [0.25, 0.3) is 0 Å². The number of aryl methyl sites for hydroxylation is 1. The average molecular weight is 342 g/mol. The first-order valence-corrected chi connectivity index (χ1v) is 9.16. The van der Waals surface area contributed by atoms with E-state index in [1.54, 1.807) is 0 Å². The van der Waals surface area contributed by atoms with Crippen molar-refractivity contribution in [2.75, 3.05) is 6.54 Å². The molecule has 0 unspecified atom stereocenters. The van der Waals surface area contributed by atoms with Crippen molar-refractivity contribution in [3.05, 3.63) is 46.0 Å². The minimum absolute atomic E-state index is 0.0146. The molecule has 5 nitrogen and oxygen atoms in total. The smallest absolute Gasteiger partial charge is 0.227 e. The van der Waals surface area contributed by atoms with Gasteiger partial charge in [-0.2, -0.15) is 5.10 Å². The highest BCUT2D eigenvalue weighted by atomic mass is 32.1. The van der Waals surface area contributed by atoms with Crippen molar-refractivity contribution < 1.29 is 4.79 Å². The molecule has 0 saturated heterocycles. The second-order valence-electron chi connectivity index (χ2n) is 6.73. The van der Waals surface area contributed by atoms with Gasteiger partial charge in [-0.25, -0.2) is 0 Å². The van der Waals surface area contributed by atoms with Crippen LogP contribution in [0.15, 0.2) is 24.3 Å². The number of aromatic nitrogens is 3. The van der Waals surface area contributed by atoms with Crippen LogP contribution >= 0.6 is 12.2 Å². The Morgan fingerprint density at radius 2 is 2.17 bits per heavy atom. The predicted octanol–water partition coefficient (Wildman–Crippen LogP) is 3.05. The predicted molar refractivity (Wildman–Crippen MR) is 94.5 cm³/mol.